The highest BCUT2D eigenvalue weighted by Gasteiger charge is 2.16. The fourth-order valence-electron chi connectivity index (χ4n) is 3.03. The van der Waals surface area contributed by atoms with Gasteiger partial charge in [-0.1, -0.05) is 18.2 Å². The number of anilines is 1. The van der Waals surface area contributed by atoms with Crippen LogP contribution >= 0.6 is 0 Å². The second-order valence-corrected chi connectivity index (χ2v) is 6.27. The summed E-state index contributed by atoms with van der Waals surface area (Å²) < 4.78 is 1.95. The van der Waals surface area contributed by atoms with Crippen molar-refractivity contribution < 1.29 is 5.11 Å². The van der Waals surface area contributed by atoms with Crippen LogP contribution in [0.5, 0.6) is 0 Å². The average molecular weight is 351 g/mol. The number of nitrogens with one attached hydrogen (secondary N) is 1. The number of unbranched alkanes of at least 4 members (excludes halogenated alkanes) is 2. The van der Waals surface area contributed by atoms with Gasteiger partial charge in [0.1, 0.15) is 0 Å². The lowest BCUT2D eigenvalue weighted by Gasteiger charge is -2.07. The van der Waals surface area contributed by atoms with Crippen molar-refractivity contribution in [3.63, 3.8) is 0 Å². The molecule has 2 heterocycles. The summed E-state index contributed by atoms with van der Waals surface area (Å²) >= 11 is 0. The summed E-state index contributed by atoms with van der Waals surface area (Å²) in [6.45, 7) is 5.11. The number of benzene rings is 1. The summed E-state index contributed by atoms with van der Waals surface area (Å²) in [6.07, 6.45) is 4.58. The molecule has 0 fully saturated rings. The number of hydrogen-bond donors (Lipinski definition) is 2. The summed E-state index contributed by atoms with van der Waals surface area (Å²) in [5, 5.41) is 16.8. The molecule has 0 saturated carbocycles. The van der Waals surface area contributed by atoms with E-state index in [1.807, 2.05) is 48.0 Å². The Morgan fingerprint density at radius 3 is 2.62 bits per heavy atom. The Labute approximate surface area is 153 Å². The number of aliphatic hydroxyl groups excluding tert-OH is 1. The maximum atomic E-state index is 8.83. The van der Waals surface area contributed by atoms with Crippen LogP contribution in [-0.4, -0.2) is 38.0 Å². The van der Waals surface area contributed by atoms with Crippen molar-refractivity contribution in [2.45, 2.75) is 33.1 Å². The van der Waals surface area contributed by atoms with Crippen LogP contribution in [0.15, 0.2) is 42.6 Å². The maximum Gasteiger partial charge on any atom is 0.223 e. The lowest BCUT2D eigenvalue weighted by atomic mass is 10.1. The first-order valence-electron chi connectivity index (χ1n) is 9.00. The fourth-order valence-corrected chi connectivity index (χ4v) is 3.03. The Balaban J connectivity index is 1.81. The molecule has 0 aliphatic rings. The first-order valence-corrected chi connectivity index (χ1v) is 9.00. The highest BCUT2D eigenvalue weighted by atomic mass is 16.2. The second-order valence-electron chi connectivity index (χ2n) is 6.27. The smallest absolute Gasteiger partial charge is 0.223 e. The molecule has 0 atom stereocenters. The van der Waals surface area contributed by atoms with Crippen molar-refractivity contribution >= 4 is 5.95 Å². The number of aromatic nitrogens is 4. The van der Waals surface area contributed by atoms with E-state index >= 15 is 0 Å². The van der Waals surface area contributed by atoms with Crippen LogP contribution in [0.1, 0.15) is 30.7 Å². The van der Waals surface area contributed by atoms with Gasteiger partial charge in [-0.3, -0.25) is 0 Å². The van der Waals surface area contributed by atoms with E-state index < -0.39 is 0 Å². The molecule has 1 aromatic carbocycles. The van der Waals surface area contributed by atoms with Crippen LogP contribution in [0.4, 0.5) is 5.95 Å². The minimum absolute atomic E-state index is 0.246. The SMILES string of the molecule is Cc1nn(-c2ccccc2)c(C)c1-c1ccnc(NCCCCCO)n1. The van der Waals surface area contributed by atoms with Crippen LogP contribution in [0, 0.1) is 13.8 Å². The van der Waals surface area contributed by atoms with Gasteiger partial charge in [0.15, 0.2) is 0 Å². The van der Waals surface area contributed by atoms with E-state index in [0.29, 0.717) is 5.95 Å². The maximum absolute atomic E-state index is 8.83. The zero-order valence-corrected chi connectivity index (χ0v) is 15.3. The van der Waals surface area contributed by atoms with Crippen molar-refractivity contribution in [2.75, 3.05) is 18.5 Å². The highest BCUT2D eigenvalue weighted by Crippen LogP contribution is 2.27. The third-order valence-corrected chi connectivity index (χ3v) is 4.32. The lowest BCUT2D eigenvalue weighted by molar-refractivity contribution is 0.283. The molecule has 0 spiro atoms. The summed E-state index contributed by atoms with van der Waals surface area (Å²) in [5.41, 5.74) is 4.95. The molecule has 0 saturated heterocycles. The van der Waals surface area contributed by atoms with Gasteiger partial charge in [-0.05, 0) is 51.3 Å². The Bertz CT molecular complexity index is 845. The molecule has 2 aromatic heterocycles. The molecule has 3 aromatic rings. The van der Waals surface area contributed by atoms with Gasteiger partial charge >= 0.3 is 0 Å². The summed E-state index contributed by atoms with van der Waals surface area (Å²) in [5.74, 6) is 0.623. The van der Waals surface area contributed by atoms with Crippen molar-refractivity contribution in [2.24, 2.45) is 0 Å². The number of rotatable bonds is 8. The zero-order valence-electron chi connectivity index (χ0n) is 15.3. The zero-order chi connectivity index (χ0) is 18.4. The fraction of sp³-hybridized carbons (Fsp3) is 0.350. The van der Waals surface area contributed by atoms with Gasteiger partial charge in [0.05, 0.1) is 22.8 Å². The predicted octanol–water partition coefficient (Wildman–Crippen LogP) is 3.52. The molecule has 0 amide bonds. The molecule has 26 heavy (non-hydrogen) atoms. The average Bonchev–Trinajstić information content (AvgIpc) is 2.97. The molecule has 6 nitrogen and oxygen atoms in total. The summed E-state index contributed by atoms with van der Waals surface area (Å²) in [4.78, 5) is 8.97. The minimum atomic E-state index is 0.246. The predicted molar refractivity (Wildman–Crippen MR) is 103 cm³/mol. The first-order chi connectivity index (χ1) is 12.7. The third kappa shape index (κ3) is 4.08. The number of hydrogen-bond acceptors (Lipinski definition) is 5. The summed E-state index contributed by atoms with van der Waals surface area (Å²) in [6, 6.07) is 12.0. The molecule has 6 heteroatoms. The standard InChI is InChI=1S/C20H25N5O/c1-15-19(16(2)25(24-15)17-9-5-3-6-10-17)18-11-13-22-20(23-18)21-12-7-4-8-14-26/h3,5-6,9-11,13,26H,4,7-8,12,14H2,1-2H3,(H,21,22,23). The Morgan fingerprint density at radius 1 is 1.04 bits per heavy atom. The van der Waals surface area contributed by atoms with E-state index in [-0.39, 0.29) is 6.61 Å². The van der Waals surface area contributed by atoms with Crippen LogP contribution in [0.2, 0.25) is 0 Å². The van der Waals surface area contributed by atoms with Gasteiger partial charge < -0.3 is 10.4 Å². The monoisotopic (exact) mass is 351 g/mol. The Kier molecular flexibility index (Phi) is 5.96. The number of para-hydroxylation sites is 1. The van der Waals surface area contributed by atoms with E-state index in [1.54, 1.807) is 6.20 Å². The van der Waals surface area contributed by atoms with Gasteiger partial charge in [-0.2, -0.15) is 5.10 Å². The van der Waals surface area contributed by atoms with Crippen LogP contribution in [0.3, 0.4) is 0 Å². The van der Waals surface area contributed by atoms with Gasteiger partial charge in [0.2, 0.25) is 5.95 Å². The normalized spacial score (nSPS) is 10.9. The van der Waals surface area contributed by atoms with Crippen LogP contribution in [0.25, 0.3) is 16.9 Å². The lowest BCUT2D eigenvalue weighted by Crippen LogP contribution is -2.06. The molecule has 2 N–H and O–H groups in total. The van der Waals surface area contributed by atoms with Gasteiger partial charge in [0.25, 0.3) is 0 Å². The molecule has 3 rings (SSSR count). The molecule has 0 aliphatic heterocycles. The van der Waals surface area contributed by atoms with E-state index in [2.05, 4.69) is 22.2 Å². The van der Waals surface area contributed by atoms with Crippen LogP contribution in [-0.2, 0) is 0 Å². The molecular weight excluding hydrogens is 326 g/mol. The topological polar surface area (TPSA) is 75.9 Å². The van der Waals surface area contributed by atoms with Gasteiger partial charge in [0, 0.05) is 24.9 Å². The first kappa shape index (κ1) is 18.1. The summed E-state index contributed by atoms with van der Waals surface area (Å²) in [7, 11) is 0. The van der Waals surface area contributed by atoms with Crippen molar-refractivity contribution in [3.8, 4) is 16.9 Å². The second kappa shape index (κ2) is 8.58. The third-order valence-electron chi connectivity index (χ3n) is 4.32. The largest absolute Gasteiger partial charge is 0.396 e. The van der Waals surface area contributed by atoms with Crippen molar-refractivity contribution in [1.82, 2.24) is 19.7 Å². The molecule has 0 radical (unpaired) electrons. The minimum Gasteiger partial charge on any atom is -0.396 e. The van der Waals surface area contributed by atoms with E-state index in [9.17, 15) is 0 Å². The van der Waals surface area contributed by atoms with Gasteiger partial charge in [-0.15, -0.1) is 0 Å². The Hall–Kier alpha value is -2.73. The Morgan fingerprint density at radius 2 is 1.85 bits per heavy atom. The van der Waals surface area contributed by atoms with Crippen molar-refractivity contribution in [1.29, 1.82) is 0 Å². The van der Waals surface area contributed by atoms with Crippen molar-refractivity contribution in [3.05, 3.63) is 54.0 Å². The van der Waals surface area contributed by atoms with E-state index in [4.69, 9.17) is 10.2 Å². The highest BCUT2D eigenvalue weighted by molar-refractivity contribution is 5.66. The number of nitrogens with zero attached hydrogens (tertiary/aromatic N) is 4. The number of aryl methyl sites for hydroxylation is 1. The molecule has 0 aliphatic carbocycles. The molecule has 0 bridgehead atoms. The van der Waals surface area contributed by atoms with Crippen LogP contribution < -0.4 is 5.32 Å². The van der Waals surface area contributed by atoms with E-state index in [0.717, 1.165) is 54.1 Å². The molecular formula is C20H25N5O. The quantitative estimate of drug-likeness (QED) is 0.607. The molecule has 136 valence electrons. The van der Waals surface area contributed by atoms with Gasteiger partial charge in [-0.25, -0.2) is 14.6 Å². The molecule has 0 unspecified atom stereocenters. The van der Waals surface area contributed by atoms with E-state index in [1.165, 1.54) is 0 Å². The number of aliphatic hydroxyl groups is 1.